The van der Waals surface area contributed by atoms with Crippen molar-refractivity contribution in [1.82, 2.24) is 5.32 Å². The Balaban J connectivity index is 2.74. The number of benzene rings is 1. The van der Waals surface area contributed by atoms with E-state index in [2.05, 4.69) is 18.3 Å². The van der Waals surface area contributed by atoms with Crippen molar-refractivity contribution < 1.29 is 14.6 Å². The minimum atomic E-state index is 0.259. The number of ether oxygens (including phenoxy) is 2. The van der Waals surface area contributed by atoms with Crippen LogP contribution in [0.4, 0.5) is 0 Å². The summed E-state index contributed by atoms with van der Waals surface area (Å²) in [6.45, 7) is 3.28. The Hall–Kier alpha value is -0.910. The van der Waals surface area contributed by atoms with Crippen LogP contribution in [0.15, 0.2) is 18.2 Å². The molecule has 0 aliphatic rings. The van der Waals surface area contributed by atoms with Crippen LogP contribution in [0, 0.1) is 0 Å². The van der Waals surface area contributed by atoms with E-state index < -0.39 is 0 Å². The highest BCUT2D eigenvalue weighted by atomic mass is 32.2. The van der Waals surface area contributed by atoms with Gasteiger partial charge in [0, 0.05) is 18.4 Å². The minimum absolute atomic E-state index is 0.259. The molecule has 0 saturated heterocycles. The molecule has 5 heteroatoms. The quantitative estimate of drug-likeness (QED) is 0.650. The van der Waals surface area contributed by atoms with Crippen LogP contribution in [0.2, 0.25) is 0 Å². The standard InChI is InChI=1S/C15H25NO3S/c1-4-16-13(11-20-9-5-8-17)12-6-7-14(18-2)15(10-12)19-3/h6-7,10,13,16-17H,4-5,8-9,11H2,1-3H3. The molecule has 2 N–H and O–H groups in total. The molecule has 4 nitrogen and oxygen atoms in total. The van der Waals surface area contributed by atoms with Gasteiger partial charge in [0.2, 0.25) is 0 Å². The first-order valence-corrected chi connectivity index (χ1v) is 8.06. The lowest BCUT2D eigenvalue weighted by molar-refractivity contribution is 0.296. The van der Waals surface area contributed by atoms with Crippen molar-refractivity contribution in [3.8, 4) is 11.5 Å². The van der Waals surface area contributed by atoms with Crippen molar-refractivity contribution in [3.05, 3.63) is 23.8 Å². The van der Waals surface area contributed by atoms with Gasteiger partial charge in [0.1, 0.15) is 0 Å². The molecule has 114 valence electrons. The normalized spacial score (nSPS) is 12.2. The number of thioether (sulfide) groups is 1. The number of rotatable bonds is 10. The molecular weight excluding hydrogens is 274 g/mol. The van der Waals surface area contributed by atoms with E-state index in [0.29, 0.717) is 0 Å². The minimum Gasteiger partial charge on any atom is -0.493 e. The number of hydrogen-bond donors (Lipinski definition) is 2. The zero-order chi connectivity index (χ0) is 14.8. The van der Waals surface area contributed by atoms with Crippen LogP contribution in [0.25, 0.3) is 0 Å². The third kappa shape index (κ3) is 5.23. The smallest absolute Gasteiger partial charge is 0.161 e. The van der Waals surface area contributed by atoms with Crippen molar-refractivity contribution in [2.75, 3.05) is 38.9 Å². The number of methoxy groups -OCH3 is 2. The van der Waals surface area contributed by atoms with E-state index in [1.54, 1.807) is 14.2 Å². The van der Waals surface area contributed by atoms with Crippen molar-refractivity contribution in [2.24, 2.45) is 0 Å². The molecule has 0 fully saturated rings. The number of aliphatic hydroxyl groups is 1. The van der Waals surface area contributed by atoms with Gasteiger partial charge in [-0.1, -0.05) is 13.0 Å². The maximum atomic E-state index is 8.82. The number of aliphatic hydroxyl groups excluding tert-OH is 1. The van der Waals surface area contributed by atoms with E-state index in [1.807, 2.05) is 23.9 Å². The lowest BCUT2D eigenvalue weighted by atomic mass is 10.1. The van der Waals surface area contributed by atoms with E-state index in [0.717, 1.165) is 36.0 Å². The molecule has 0 aromatic heterocycles. The van der Waals surface area contributed by atoms with Crippen LogP contribution in [-0.4, -0.2) is 44.0 Å². The Labute approximate surface area is 125 Å². The zero-order valence-electron chi connectivity index (χ0n) is 12.5. The first kappa shape index (κ1) is 17.1. The number of hydrogen-bond acceptors (Lipinski definition) is 5. The molecule has 0 spiro atoms. The van der Waals surface area contributed by atoms with Gasteiger partial charge in [-0.05, 0) is 36.4 Å². The molecular formula is C15H25NO3S. The lowest BCUT2D eigenvalue weighted by Crippen LogP contribution is -2.23. The third-order valence-corrected chi connectivity index (χ3v) is 4.14. The van der Waals surface area contributed by atoms with Crippen molar-refractivity contribution in [1.29, 1.82) is 0 Å². The van der Waals surface area contributed by atoms with Gasteiger partial charge in [0.25, 0.3) is 0 Å². The molecule has 0 amide bonds. The van der Waals surface area contributed by atoms with Gasteiger partial charge >= 0.3 is 0 Å². The van der Waals surface area contributed by atoms with Crippen molar-refractivity contribution in [2.45, 2.75) is 19.4 Å². The van der Waals surface area contributed by atoms with Crippen LogP contribution < -0.4 is 14.8 Å². The summed E-state index contributed by atoms with van der Waals surface area (Å²) in [5, 5.41) is 12.3. The topological polar surface area (TPSA) is 50.7 Å². The molecule has 0 heterocycles. The summed E-state index contributed by atoms with van der Waals surface area (Å²) in [6, 6.07) is 6.32. The van der Waals surface area contributed by atoms with E-state index in [4.69, 9.17) is 14.6 Å². The summed E-state index contributed by atoms with van der Waals surface area (Å²) in [6.07, 6.45) is 0.843. The van der Waals surface area contributed by atoms with E-state index >= 15 is 0 Å². The van der Waals surface area contributed by atoms with Crippen LogP contribution in [0.3, 0.4) is 0 Å². The van der Waals surface area contributed by atoms with Crippen molar-refractivity contribution in [3.63, 3.8) is 0 Å². The molecule has 0 radical (unpaired) electrons. The molecule has 1 aromatic carbocycles. The third-order valence-electron chi connectivity index (χ3n) is 2.99. The van der Waals surface area contributed by atoms with Crippen LogP contribution in [-0.2, 0) is 0 Å². The van der Waals surface area contributed by atoms with Gasteiger partial charge in [-0.2, -0.15) is 11.8 Å². The first-order chi connectivity index (χ1) is 9.76. The lowest BCUT2D eigenvalue weighted by Gasteiger charge is -2.19. The Bertz CT molecular complexity index is 387. The van der Waals surface area contributed by atoms with Gasteiger partial charge in [-0.15, -0.1) is 0 Å². The maximum absolute atomic E-state index is 8.82. The van der Waals surface area contributed by atoms with Crippen LogP contribution >= 0.6 is 11.8 Å². The fourth-order valence-corrected chi connectivity index (χ4v) is 3.00. The molecule has 20 heavy (non-hydrogen) atoms. The Morgan fingerprint density at radius 2 is 2.00 bits per heavy atom. The highest BCUT2D eigenvalue weighted by Gasteiger charge is 2.13. The zero-order valence-corrected chi connectivity index (χ0v) is 13.3. The second kappa shape index (κ2) is 9.91. The number of nitrogens with one attached hydrogen (secondary N) is 1. The molecule has 0 aliphatic carbocycles. The molecule has 0 aliphatic heterocycles. The molecule has 1 atom stereocenters. The second-order valence-corrected chi connectivity index (χ2v) is 5.53. The first-order valence-electron chi connectivity index (χ1n) is 6.90. The van der Waals surface area contributed by atoms with E-state index in [9.17, 15) is 0 Å². The fourth-order valence-electron chi connectivity index (χ4n) is 1.96. The highest BCUT2D eigenvalue weighted by molar-refractivity contribution is 7.99. The second-order valence-electron chi connectivity index (χ2n) is 4.38. The van der Waals surface area contributed by atoms with Crippen molar-refractivity contribution >= 4 is 11.8 Å². The highest BCUT2D eigenvalue weighted by Crippen LogP contribution is 2.31. The summed E-state index contributed by atoms with van der Waals surface area (Å²) in [5.41, 5.74) is 1.20. The summed E-state index contributed by atoms with van der Waals surface area (Å²) < 4.78 is 10.6. The summed E-state index contributed by atoms with van der Waals surface area (Å²) in [4.78, 5) is 0. The predicted molar refractivity (Wildman–Crippen MR) is 85.0 cm³/mol. The Kier molecular flexibility index (Phi) is 8.49. The Morgan fingerprint density at radius 1 is 1.25 bits per heavy atom. The fraction of sp³-hybridized carbons (Fsp3) is 0.600. The monoisotopic (exact) mass is 299 g/mol. The molecule has 0 saturated carbocycles. The van der Waals surface area contributed by atoms with Gasteiger partial charge in [0.05, 0.1) is 14.2 Å². The van der Waals surface area contributed by atoms with Gasteiger partial charge in [0.15, 0.2) is 11.5 Å². The Morgan fingerprint density at radius 3 is 2.60 bits per heavy atom. The van der Waals surface area contributed by atoms with Gasteiger partial charge < -0.3 is 19.9 Å². The van der Waals surface area contributed by atoms with Crippen LogP contribution in [0.1, 0.15) is 24.9 Å². The molecule has 1 rings (SSSR count). The molecule has 1 unspecified atom stereocenters. The van der Waals surface area contributed by atoms with Crippen LogP contribution in [0.5, 0.6) is 11.5 Å². The van der Waals surface area contributed by atoms with E-state index in [-0.39, 0.29) is 12.6 Å². The SMILES string of the molecule is CCNC(CSCCCO)c1ccc(OC)c(OC)c1. The van der Waals surface area contributed by atoms with Gasteiger partial charge in [-0.3, -0.25) is 0 Å². The summed E-state index contributed by atoms with van der Waals surface area (Å²) in [7, 11) is 3.30. The maximum Gasteiger partial charge on any atom is 0.161 e. The summed E-state index contributed by atoms with van der Waals surface area (Å²) >= 11 is 1.85. The summed E-state index contributed by atoms with van der Waals surface area (Å²) in [5.74, 6) is 3.46. The largest absolute Gasteiger partial charge is 0.493 e. The molecule has 1 aromatic rings. The predicted octanol–water partition coefficient (Wildman–Crippen LogP) is 2.47. The average Bonchev–Trinajstić information content (AvgIpc) is 2.49. The average molecular weight is 299 g/mol. The van der Waals surface area contributed by atoms with Gasteiger partial charge in [-0.25, -0.2) is 0 Å². The molecule has 0 bridgehead atoms. The van der Waals surface area contributed by atoms with E-state index in [1.165, 1.54) is 5.56 Å².